The Labute approximate surface area is 48.7 Å². The van der Waals surface area contributed by atoms with Gasteiger partial charge in [-0.05, 0) is 32.1 Å². The first-order chi connectivity index (χ1) is 2.81. The van der Waals surface area contributed by atoms with Crippen molar-refractivity contribution in [3.63, 3.8) is 0 Å². The zero-order valence-electron chi connectivity index (χ0n) is 3.93. The highest BCUT2D eigenvalue weighted by molar-refractivity contribution is 8.48. The Hall–Kier alpha value is 0.790. The van der Waals surface area contributed by atoms with Crippen LogP contribution in [-0.4, -0.2) is 12.0 Å². The molecule has 0 saturated carbocycles. The first-order valence-electron chi connectivity index (χ1n) is 1.74. The first kappa shape index (κ1) is 6.79. The van der Waals surface area contributed by atoms with Crippen LogP contribution in [0.1, 0.15) is 6.92 Å². The molecule has 0 amide bonds. The smallest absolute Gasteiger partial charge is 0.00519 e. The van der Waals surface area contributed by atoms with Crippen molar-refractivity contribution in [2.75, 3.05) is 12.0 Å². The van der Waals surface area contributed by atoms with Crippen molar-refractivity contribution >= 4 is 29.5 Å². The van der Waals surface area contributed by atoms with Crippen LogP contribution < -0.4 is 0 Å². The molecule has 1 unspecified atom stereocenters. The van der Waals surface area contributed by atoms with Gasteiger partial charge in [-0.2, -0.15) is 0 Å². The lowest BCUT2D eigenvalue weighted by atomic mass is 11.0. The summed E-state index contributed by atoms with van der Waals surface area (Å²) in [5, 5.41) is 0. The summed E-state index contributed by atoms with van der Waals surface area (Å²) < 4.78 is 0. The molecule has 0 radical (unpaired) electrons. The molecular weight excluding hydrogens is 132 g/mol. The predicted molar refractivity (Wildman–Crippen MR) is 38.6 cm³/mol. The van der Waals surface area contributed by atoms with Gasteiger partial charge < -0.3 is 0 Å². The van der Waals surface area contributed by atoms with Gasteiger partial charge in [0.15, 0.2) is 0 Å². The fourth-order valence-corrected chi connectivity index (χ4v) is 1.30. The molecule has 0 aromatic heterocycles. The molecule has 0 fully saturated rings. The third-order valence-electron chi connectivity index (χ3n) is 0.523. The molecule has 0 saturated heterocycles. The van der Waals surface area contributed by atoms with Crippen molar-refractivity contribution < 1.29 is 0 Å². The Balaban J connectivity index is 3.52. The SMILES string of the molecule is CCS(C)=S=S. The molecule has 3 heteroatoms. The van der Waals surface area contributed by atoms with Crippen LogP contribution in [0.4, 0.5) is 0 Å². The van der Waals surface area contributed by atoms with Gasteiger partial charge in [0, 0.05) is 0 Å². The average molecular weight is 140 g/mol. The zero-order chi connectivity index (χ0) is 4.99. The summed E-state index contributed by atoms with van der Waals surface area (Å²) in [5.74, 6) is 1.22. The van der Waals surface area contributed by atoms with Gasteiger partial charge in [0.2, 0.25) is 0 Å². The first-order valence-corrected chi connectivity index (χ1v) is 5.80. The maximum absolute atomic E-state index is 4.70. The Kier molecular flexibility index (Phi) is 4.48. The highest BCUT2D eigenvalue weighted by atomic mass is 33.1. The van der Waals surface area contributed by atoms with Gasteiger partial charge >= 0.3 is 0 Å². The summed E-state index contributed by atoms with van der Waals surface area (Å²) in [6.07, 6.45) is 2.16. The molecule has 6 heavy (non-hydrogen) atoms. The second-order valence-corrected chi connectivity index (χ2v) is 6.13. The number of hydrogen-bond acceptors (Lipinski definition) is 1. The van der Waals surface area contributed by atoms with E-state index < -0.39 is 0 Å². The molecule has 38 valence electrons. The molecule has 0 N–H and O–H groups in total. The Bertz CT molecular complexity index is 80.0. The van der Waals surface area contributed by atoms with Crippen molar-refractivity contribution in [2.24, 2.45) is 0 Å². The van der Waals surface area contributed by atoms with E-state index in [2.05, 4.69) is 13.2 Å². The van der Waals surface area contributed by atoms with E-state index in [1.54, 1.807) is 0 Å². The van der Waals surface area contributed by atoms with Crippen LogP contribution in [0.3, 0.4) is 0 Å². The van der Waals surface area contributed by atoms with Crippen molar-refractivity contribution in [3.05, 3.63) is 0 Å². The molecule has 0 aromatic carbocycles. The minimum atomic E-state index is 0.448. The second kappa shape index (κ2) is 3.96. The molecule has 0 bridgehead atoms. The summed E-state index contributed by atoms with van der Waals surface area (Å²) >= 11 is 4.70. The maximum atomic E-state index is 4.70. The van der Waals surface area contributed by atoms with Crippen LogP contribution in [0.15, 0.2) is 0 Å². The monoisotopic (exact) mass is 140 g/mol. The van der Waals surface area contributed by atoms with Crippen LogP contribution in [-0.2, 0) is 29.5 Å². The Morgan fingerprint density at radius 3 is 2.33 bits per heavy atom. The fourth-order valence-electron chi connectivity index (χ4n) is 0.0481. The van der Waals surface area contributed by atoms with Gasteiger partial charge in [-0.1, -0.05) is 6.92 Å². The fraction of sp³-hybridized carbons (Fsp3) is 1.00. The van der Waals surface area contributed by atoms with Crippen molar-refractivity contribution in [1.29, 1.82) is 0 Å². The molecule has 0 aliphatic heterocycles. The van der Waals surface area contributed by atoms with Crippen molar-refractivity contribution in [3.8, 4) is 0 Å². The topological polar surface area (TPSA) is 0 Å². The van der Waals surface area contributed by atoms with Crippen molar-refractivity contribution in [1.82, 2.24) is 0 Å². The normalized spacial score (nSPS) is 13.7. The quantitative estimate of drug-likeness (QED) is 0.517. The zero-order valence-corrected chi connectivity index (χ0v) is 6.38. The lowest BCUT2D eigenvalue weighted by Crippen LogP contribution is -1.83. The molecule has 0 aromatic rings. The molecule has 0 aliphatic rings. The molecule has 1 atom stereocenters. The Morgan fingerprint density at radius 2 is 2.33 bits per heavy atom. The van der Waals surface area contributed by atoms with Crippen LogP contribution in [0.25, 0.3) is 0 Å². The summed E-state index contributed by atoms with van der Waals surface area (Å²) in [4.78, 5) is 0. The van der Waals surface area contributed by atoms with E-state index in [-0.39, 0.29) is 0 Å². The van der Waals surface area contributed by atoms with Crippen LogP contribution in [0, 0.1) is 0 Å². The van der Waals surface area contributed by atoms with Crippen LogP contribution >= 0.6 is 0 Å². The summed E-state index contributed by atoms with van der Waals surface area (Å²) in [5.41, 5.74) is 0. The third-order valence-corrected chi connectivity index (χ3v) is 5.06. The van der Waals surface area contributed by atoms with E-state index >= 15 is 0 Å². The minimum Gasteiger partial charge on any atom is -0.125 e. The molecule has 0 spiro atoms. The summed E-state index contributed by atoms with van der Waals surface area (Å²) in [6.45, 7) is 2.16. The standard InChI is InChI=1S/C3H8S3/c1-3-6(2)5-4/h3H2,1-2H3. The van der Waals surface area contributed by atoms with E-state index in [1.807, 2.05) is 0 Å². The molecule has 0 nitrogen and oxygen atoms in total. The van der Waals surface area contributed by atoms with Crippen molar-refractivity contribution in [2.45, 2.75) is 6.92 Å². The largest absolute Gasteiger partial charge is 0.125 e. The molecule has 0 aliphatic carbocycles. The van der Waals surface area contributed by atoms with Crippen LogP contribution in [0.2, 0.25) is 0 Å². The predicted octanol–water partition coefficient (Wildman–Crippen LogP) is 0.714. The van der Waals surface area contributed by atoms with E-state index in [0.717, 1.165) is 0 Å². The van der Waals surface area contributed by atoms with Gasteiger partial charge in [-0.25, -0.2) is 0 Å². The van der Waals surface area contributed by atoms with E-state index in [9.17, 15) is 0 Å². The van der Waals surface area contributed by atoms with Gasteiger partial charge in [0.25, 0.3) is 0 Å². The minimum absolute atomic E-state index is 0.448. The van der Waals surface area contributed by atoms with E-state index in [0.29, 0.717) is 9.45 Å². The van der Waals surface area contributed by atoms with Gasteiger partial charge in [0.1, 0.15) is 0 Å². The highest BCUT2D eigenvalue weighted by Gasteiger charge is 1.70. The van der Waals surface area contributed by atoms with E-state index in [4.69, 9.17) is 11.2 Å². The number of rotatable bonds is 1. The second-order valence-electron chi connectivity index (χ2n) is 0.930. The number of hydrogen-bond donors (Lipinski definition) is 0. The third kappa shape index (κ3) is 3.00. The van der Waals surface area contributed by atoms with Gasteiger partial charge in [-0.3, -0.25) is 0 Å². The molecular formula is C3H8S3. The molecule has 0 heterocycles. The van der Waals surface area contributed by atoms with Gasteiger partial charge in [-0.15, -0.1) is 9.45 Å². The van der Waals surface area contributed by atoms with E-state index in [1.165, 1.54) is 14.6 Å². The van der Waals surface area contributed by atoms with Gasteiger partial charge in [0.05, 0.1) is 0 Å². The summed E-state index contributed by atoms with van der Waals surface area (Å²) in [7, 11) is 1.98. The molecule has 0 rings (SSSR count). The van der Waals surface area contributed by atoms with Crippen LogP contribution in [0.5, 0.6) is 0 Å². The lowest BCUT2D eigenvalue weighted by molar-refractivity contribution is 1.53. The maximum Gasteiger partial charge on any atom is -0.00519 e. The lowest BCUT2D eigenvalue weighted by Gasteiger charge is -1.82. The Morgan fingerprint density at radius 1 is 1.83 bits per heavy atom. The average Bonchev–Trinajstić information content (AvgIpc) is 1.65. The summed E-state index contributed by atoms with van der Waals surface area (Å²) in [6, 6.07) is 0. The highest BCUT2D eigenvalue weighted by Crippen LogP contribution is 1.69.